The molecule has 2 amide bonds. The maximum atomic E-state index is 12.8. The Kier molecular flexibility index (Phi) is 11.0. The third-order valence-corrected chi connectivity index (χ3v) is 12.3. The van der Waals surface area contributed by atoms with E-state index in [1.807, 2.05) is 0 Å². The van der Waals surface area contributed by atoms with Crippen LogP contribution in [-0.4, -0.2) is 87.9 Å². The molecule has 0 aromatic heterocycles. The number of aliphatic hydroxyl groups excluding tert-OH is 2. The molecule has 0 aliphatic heterocycles. The van der Waals surface area contributed by atoms with Crippen LogP contribution in [0.3, 0.4) is 0 Å². The molecule has 0 heterocycles. The van der Waals surface area contributed by atoms with Gasteiger partial charge in [-0.25, -0.2) is 4.79 Å². The van der Waals surface area contributed by atoms with Gasteiger partial charge in [-0.15, -0.1) is 23.2 Å². The molecule has 1 unspecified atom stereocenters. The van der Waals surface area contributed by atoms with Crippen LogP contribution in [0.25, 0.3) is 0 Å². The Labute approximate surface area is 260 Å². The van der Waals surface area contributed by atoms with Crippen molar-refractivity contribution in [2.75, 3.05) is 31.4 Å². The number of alkyl halides is 2. The maximum Gasteiger partial charge on any atom is 0.410 e. The third kappa shape index (κ3) is 6.54. The minimum Gasteiger partial charge on any atom is -0.480 e. The van der Waals surface area contributed by atoms with Crippen LogP contribution in [0.15, 0.2) is 0 Å². The largest absolute Gasteiger partial charge is 0.480 e. The number of nitrogens with zero attached hydrogens (tertiary/aromatic N) is 1. The zero-order valence-electron chi connectivity index (χ0n) is 25.3. The second-order valence-electron chi connectivity index (χ2n) is 13.9. The fourth-order valence-electron chi connectivity index (χ4n) is 9.76. The van der Waals surface area contributed by atoms with Crippen LogP contribution >= 0.6 is 23.2 Å². The van der Waals surface area contributed by atoms with Gasteiger partial charge >= 0.3 is 12.1 Å². The minimum atomic E-state index is -1.06. The Hall–Kier alpha value is -1.29. The van der Waals surface area contributed by atoms with Gasteiger partial charge < -0.3 is 30.3 Å². The highest BCUT2D eigenvalue weighted by atomic mass is 35.5. The lowest BCUT2D eigenvalue weighted by molar-refractivity contribution is -0.207. The number of ether oxygens (including phenoxy) is 1. The van der Waals surface area contributed by atoms with Crippen molar-refractivity contribution in [2.24, 2.45) is 46.3 Å². The highest BCUT2D eigenvalue weighted by Gasteiger charge is 2.65. The first-order valence-corrected chi connectivity index (χ1v) is 16.9. The van der Waals surface area contributed by atoms with Crippen molar-refractivity contribution in [2.45, 2.75) is 96.9 Å². The normalized spacial score (nSPS) is 39.8. The lowest BCUT2D eigenvalue weighted by Gasteiger charge is -2.63. The molecule has 4 aliphatic rings. The summed E-state index contributed by atoms with van der Waals surface area (Å²) in [5.74, 6) is 0.420. The molecule has 11 atom stereocenters. The van der Waals surface area contributed by atoms with E-state index >= 15 is 0 Å². The zero-order valence-corrected chi connectivity index (χ0v) is 26.8. The fraction of sp³-hybridized carbons (Fsp3) is 0.903. The molecule has 4 fully saturated rings. The number of aliphatic carboxylic acids is 1. The van der Waals surface area contributed by atoms with E-state index in [2.05, 4.69) is 26.1 Å². The van der Waals surface area contributed by atoms with E-state index in [9.17, 15) is 24.6 Å². The molecule has 0 saturated heterocycles. The van der Waals surface area contributed by atoms with Gasteiger partial charge in [0, 0.05) is 31.3 Å². The van der Waals surface area contributed by atoms with Crippen molar-refractivity contribution in [1.29, 1.82) is 0 Å². The van der Waals surface area contributed by atoms with Crippen molar-refractivity contribution >= 4 is 41.2 Å². The van der Waals surface area contributed by atoms with Crippen LogP contribution in [0, 0.1) is 46.3 Å². The Morgan fingerprint density at radius 2 is 1.71 bits per heavy atom. The monoisotopic (exact) mass is 632 g/mol. The van der Waals surface area contributed by atoms with Crippen LogP contribution in [0.5, 0.6) is 0 Å². The molecule has 0 aromatic rings. The van der Waals surface area contributed by atoms with Gasteiger partial charge in [0.05, 0.1) is 12.2 Å². The Bertz CT molecular complexity index is 981. The first kappa shape index (κ1) is 33.6. The average Bonchev–Trinajstić information content (AvgIpc) is 3.30. The second kappa shape index (κ2) is 13.8. The smallest absolute Gasteiger partial charge is 0.410 e. The van der Waals surface area contributed by atoms with Crippen molar-refractivity contribution < 1.29 is 34.4 Å². The number of hydrogen-bond donors (Lipinski definition) is 4. The van der Waals surface area contributed by atoms with E-state index in [0.717, 1.165) is 25.7 Å². The lowest BCUT2D eigenvalue weighted by atomic mass is 9.43. The highest BCUT2D eigenvalue weighted by molar-refractivity contribution is 6.18. The molecule has 4 saturated carbocycles. The first-order valence-electron chi connectivity index (χ1n) is 15.8. The van der Waals surface area contributed by atoms with Gasteiger partial charge in [-0.2, -0.15) is 0 Å². The number of rotatable bonds is 11. The standard InChI is InChI=1S/C31H50Cl2N2O7/c1-18(4-7-26(38)34-17-27(39)40)21-5-6-22-28-23(16-25(37)31(21,22)3)30(2)9-8-20(14-19(30)15-24(28)36)42-29(41)35(12-10-32)13-11-33/h18-25,28,36-37H,4-17H2,1-3H3,(H,34,38)(H,39,40)/t18-,19?,20-,21-,22+,23+,24-,25+,28+,30+,31-/m1/s1. The summed E-state index contributed by atoms with van der Waals surface area (Å²) in [5, 5.41) is 34.8. The highest BCUT2D eigenvalue weighted by Crippen LogP contribution is 2.68. The van der Waals surface area contributed by atoms with E-state index in [-0.39, 0.29) is 77.4 Å². The van der Waals surface area contributed by atoms with Crippen molar-refractivity contribution in [3.05, 3.63) is 0 Å². The molecule has 9 nitrogen and oxygen atoms in total. The Balaban J connectivity index is 1.43. The molecule has 0 aromatic carbocycles. The quantitative estimate of drug-likeness (QED) is 0.246. The molecule has 0 radical (unpaired) electrons. The molecule has 240 valence electrons. The van der Waals surface area contributed by atoms with Gasteiger partial charge in [0.25, 0.3) is 0 Å². The number of amides is 2. The predicted octanol–water partition coefficient (Wildman–Crippen LogP) is 4.49. The fourth-order valence-corrected chi connectivity index (χ4v) is 10.2. The van der Waals surface area contributed by atoms with Crippen LogP contribution in [-0.2, 0) is 14.3 Å². The molecule has 4 aliphatic carbocycles. The summed E-state index contributed by atoms with van der Waals surface area (Å²) in [4.78, 5) is 37.3. The third-order valence-electron chi connectivity index (χ3n) is 12.0. The van der Waals surface area contributed by atoms with Gasteiger partial charge in [0.15, 0.2) is 0 Å². The van der Waals surface area contributed by atoms with Crippen LogP contribution < -0.4 is 5.32 Å². The number of carbonyl (C=O) groups is 3. The molecule has 42 heavy (non-hydrogen) atoms. The van der Waals surface area contributed by atoms with Gasteiger partial charge in [0.1, 0.15) is 12.6 Å². The van der Waals surface area contributed by atoms with Crippen LogP contribution in [0.4, 0.5) is 4.79 Å². The van der Waals surface area contributed by atoms with Crippen molar-refractivity contribution in [3.8, 4) is 0 Å². The van der Waals surface area contributed by atoms with Crippen LogP contribution in [0.2, 0.25) is 0 Å². The zero-order chi connectivity index (χ0) is 30.8. The van der Waals surface area contributed by atoms with E-state index in [1.54, 1.807) is 4.90 Å². The van der Waals surface area contributed by atoms with Crippen molar-refractivity contribution in [1.82, 2.24) is 10.2 Å². The molecular weight excluding hydrogens is 583 g/mol. The van der Waals surface area contributed by atoms with E-state index < -0.39 is 18.2 Å². The van der Waals surface area contributed by atoms with Gasteiger partial charge in [0.2, 0.25) is 5.91 Å². The minimum absolute atomic E-state index is 0.0486. The molecular formula is C31H50Cl2N2O7. The summed E-state index contributed by atoms with van der Waals surface area (Å²) in [6.07, 6.45) is 4.90. The van der Waals surface area contributed by atoms with Gasteiger partial charge in [-0.3, -0.25) is 9.59 Å². The summed E-state index contributed by atoms with van der Waals surface area (Å²) in [6.45, 7) is 7.06. The van der Waals surface area contributed by atoms with E-state index in [4.69, 9.17) is 33.0 Å². The SMILES string of the molecule is C[C@H](CCC(=O)NCC(=O)O)[C@H]1CC[C@H]2[C@@H]3[C@H](O)CC4C[C@H](OC(=O)N(CCCl)CCCl)CC[C@]4(C)[C@H]3C[C@H](O)[C@]12C. The summed E-state index contributed by atoms with van der Waals surface area (Å²) in [6, 6.07) is 0. The lowest BCUT2D eigenvalue weighted by Crippen LogP contribution is -2.62. The van der Waals surface area contributed by atoms with Gasteiger partial charge in [-0.1, -0.05) is 20.8 Å². The van der Waals surface area contributed by atoms with Gasteiger partial charge in [-0.05, 0) is 97.7 Å². The average molecular weight is 634 g/mol. The van der Waals surface area contributed by atoms with Crippen LogP contribution in [0.1, 0.15) is 78.6 Å². The Morgan fingerprint density at radius 3 is 2.36 bits per heavy atom. The number of halogens is 2. The number of nitrogens with one attached hydrogen (secondary N) is 1. The second-order valence-corrected chi connectivity index (χ2v) is 14.7. The first-order chi connectivity index (χ1) is 19.9. The van der Waals surface area contributed by atoms with E-state index in [1.165, 1.54) is 0 Å². The summed E-state index contributed by atoms with van der Waals surface area (Å²) in [7, 11) is 0. The molecule has 11 heteroatoms. The topological polar surface area (TPSA) is 136 Å². The number of carboxylic acids is 1. The predicted molar refractivity (Wildman–Crippen MR) is 160 cm³/mol. The summed E-state index contributed by atoms with van der Waals surface area (Å²) in [5.41, 5.74) is -0.393. The number of hydrogen-bond acceptors (Lipinski definition) is 6. The number of carbonyl (C=O) groups excluding carboxylic acids is 2. The summed E-state index contributed by atoms with van der Waals surface area (Å²) >= 11 is 11.7. The number of fused-ring (bicyclic) bond motifs is 5. The van der Waals surface area contributed by atoms with E-state index in [0.29, 0.717) is 50.5 Å². The molecule has 4 N–H and O–H groups in total. The Morgan fingerprint density at radius 1 is 1.02 bits per heavy atom. The summed E-state index contributed by atoms with van der Waals surface area (Å²) < 4.78 is 5.92. The number of carboxylic acid groups (broad SMARTS) is 1. The maximum absolute atomic E-state index is 12.8. The van der Waals surface area contributed by atoms with Crippen molar-refractivity contribution in [3.63, 3.8) is 0 Å². The molecule has 0 bridgehead atoms. The number of aliphatic hydroxyl groups is 2. The molecule has 4 rings (SSSR count). The molecule has 0 spiro atoms.